The minimum atomic E-state index is 0.605. The first-order valence-electron chi connectivity index (χ1n) is 8.27. The lowest BCUT2D eigenvalue weighted by Crippen LogP contribution is -2.00. The van der Waals surface area contributed by atoms with Crippen LogP contribution in [0.1, 0.15) is 0 Å². The minimum Gasteiger partial charge on any atom is -0.495 e. The Bertz CT molecular complexity index is 1110. The highest BCUT2D eigenvalue weighted by atomic mass is 35.5. The average molecular weight is 396 g/mol. The zero-order valence-electron chi connectivity index (χ0n) is 14.4. The number of halogens is 2. The van der Waals surface area contributed by atoms with E-state index in [4.69, 9.17) is 27.9 Å². The second-order valence-electron chi connectivity index (χ2n) is 5.92. The maximum absolute atomic E-state index is 6.13. The van der Waals surface area contributed by atoms with E-state index in [0.29, 0.717) is 21.6 Å². The van der Waals surface area contributed by atoms with Gasteiger partial charge in [-0.3, -0.25) is 0 Å². The Balaban J connectivity index is 1.83. The molecule has 0 aliphatic carbocycles. The standard InChI is InChI=1S/C21H15Cl2N3O/c1-27-19-11-10-15(23)12-18(19)24-21-17-5-3-2-4-16(17)20(25-26-21)13-6-8-14(22)9-7-13/h2-12H,1H3,(H,24,26). The van der Waals surface area contributed by atoms with Crippen LogP contribution in [0.3, 0.4) is 0 Å². The summed E-state index contributed by atoms with van der Waals surface area (Å²) in [4.78, 5) is 0. The van der Waals surface area contributed by atoms with Crippen molar-refractivity contribution < 1.29 is 4.74 Å². The molecule has 0 amide bonds. The Labute approximate surface area is 166 Å². The highest BCUT2D eigenvalue weighted by Gasteiger charge is 2.13. The van der Waals surface area contributed by atoms with E-state index < -0.39 is 0 Å². The molecule has 0 aliphatic rings. The van der Waals surface area contributed by atoms with Crippen LogP contribution in [0.25, 0.3) is 22.0 Å². The van der Waals surface area contributed by atoms with Crippen LogP contribution in [0.5, 0.6) is 5.75 Å². The normalized spacial score (nSPS) is 10.8. The third-order valence-electron chi connectivity index (χ3n) is 4.22. The van der Waals surface area contributed by atoms with E-state index in [2.05, 4.69) is 15.5 Å². The maximum Gasteiger partial charge on any atom is 0.161 e. The van der Waals surface area contributed by atoms with Crippen molar-refractivity contribution >= 4 is 45.5 Å². The van der Waals surface area contributed by atoms with Crippen molar-refractivity contribution in [2.75, 3.05) is 12.4 Å². The van der Waals surface area contributed by atoms with Gasteiger partial charge >= 0.3 is 0 Å². The van der Waals surface area contributed by atoms with Gasteiger partial charge < -0.3 is 10.1 Å². The van der Waals surface area contributed by atoms with Crippen molar-refractivity contribution in [3.63, 3.8) is 0 Å². The molecule has 134 valence electrons. The first-order chi connectivity index (χ1) is 13.2. The Kier molecular flexibility index (Phi) is 4.84. The Morgan fingerprint density at radius 2 is 1.52 bits per heavy atom. The van der Waals surface area contributed by atoms with Crippen LogP contribution >= 0.6 is 23.2 Å². The first kappa shape index (κ1) is 17.6. The quantitative estimate of drug-likeness (QED) is 0.436. The summed E-state index contributed by atoms with van der Waals surface area (Å²) in [6.45, 7) is 0. The molecule has 27 heavy (non-hydrogen) atoms. The summed E-state index contributed by atoms with van der Waals surface area (Å²) in [5, 5.41) is 15.4. The molecule has 0 unspecified atom stereocenters. The molecule has 3 aromatic carbocycles. The fourth-order valence-corrected chi connectivity index (χ4v) is 3.22. The smallest absolute Gasteiger partial charge is 0.161 e. The van der Waals surface area contributed by atoms with Crippen LogP contribution < -0.4 is 10.1 Å². The zero-order valence-corrected chi connectivity index (χ0v) is 15.9. The Morgan fingerprint density at radius 1 is 0.815 bits per heavy atom. The summed E-state index contributed by atoms with van der Waals surface area (Å²) in [6, 6.07) is 20.9. The first-order valence-corrected chi connectivity index (χ1v) is 9.03. The zero-order chi connectivity index (χ0) is 18.8. The molecule has 6 heteroatoms. The number of hydrogen-bond acceptors (Lipinski definition) is 4. The van der Waals surface area contributed by atoms with Gasteiger partial charge in [0.2, 0.25) is 0 Å². The lowest BCUT2D eigenvalue weighted by molar-refractivity contribution is 0.417. The van der Waals surface area contributed by atoms with Gasteiger partial charge in [-0.2, -0.15) is 0 Å². The molecule has 4 rings (SSSR count). The molecular weight excluding hydrogens is 381 g/mol. The largest absolute Gasteiger partial charge is 0.495 e. The number of ether oxygens (including phenoxy) is 1. The summed E-state index contributed by atoms with van der Waals surface area (Å²) in [6.07, 6.45) is 0. The van der Waals surface area contributed by atoms with Gasteiger partial charge in [-0.25, -0.2) is 0 Å². The average Bonchev–Trinajstić information content (AvgIpc) is 2.69. The second kappa shape index (κ2) is 7.43. The SMILES string of the molecule is COc1ccc(Cl)cc1Nc1nnc(-c2ccc(Cl)cc2)c2ccccc12. The number of methoxy groups -OCH3 is 1. The summed E-state index contributed by atoms with van der Waals surface area (Å²) in [7, 11) is 1.61. The molecule has 1 heterocycles. The number of fused-ring (bicyclic) bond motifs is 1. The van der Waals surface area contributed by atoms with Crippen LogP contribution in [0.15, 0.2) is 66.7 Å². The van der Waals surface area contributed by atoms with Crippen molar-refractivity contribution in [2.45, 2.75) is 0 Å². The molecule has 4 aromatic rings. The number of anilines is 2. The van der Waals surface area contributed by atoms with Crippen molar-refractivity contribution in [2.24, 2.45) is 0 Å². The summed E-state index contributed by atoms with van der Waals surface area (Å²) < 4.78 is 5.41. The Morgan fingerprint density at radius 3 is 2.26 bits per heavy atom. The summed E-state index contributed by atoms with van der Waals surface area (Å²) in [5.74, 6) is 1.30. The van der Waals surface area contributed by atoms with Crippen LogP contribution in [0, 0.1) is 0 Å². The monoisotopic (exact) mass is 395 g/mol. The van der Waals surface area contributed by atoms with Crippen molar-refractivity contribution in [1.29, 1.82) is 0 Å². The number of rotatable bonds is 4. The number of benzene rings is 3. The van der Waals surface area contributed by atoms with E-state index in [1.807, 2.05) is 54.6 Å². The molecular formula is C21H15Cl2N3O. The van der Waals surface area contributed by atoms with Gasteiger partial charge in [-0.1, -0.05) is 59.6 Å². The van der Waals surface area contributed by atoms with Gasteiger partial charge in [0.15, 0.2) is 5.82 Å². The lowest BCUT2D eigenvalue weighted by Gasteiger charge is -2.14. The minimum absolute atomic E-state index is 0.605. The fourth-order valence-electron chi connectivity index (χ4n) is 2.92. The van der Waals surface area contributed by atoms with Gasteiger partial charge in [0.05, 0.1) is 12.8 Å². The molecule has 1 N–H and O–H groups in total. The molecule has 1 aromatic heterocycles. The van der Waals surface area contributed by atoms with Crippen molar-refractivity contribution in [3.8, 4) is 17.0 Å². The molecule has 4 nitrogen and oxygen atoms in total. The number of nitrogens with one attached hydrogen (secondary N) is 1. The summed E-state index contributed by atoms with van der Waals surface area (Å²) in [5.41, 5.74) is 2.48. The maximum atomic E-state index is 6.13. The van der Waals surface area contributed by atoms with E-state index in [1.54, 1.807) is 19.2 Å². The molecule has 0 atom stereocenters. The number of nitrogens with zero attached hydrogens (tertiary/aromatic N) is 2. The highest BCUT2D eigenvalue weighted by molar-refractivity contribution is 6.31. The van der Waals surface area contributed by atoms with E-state index in [9.17, 15) is 0 Å². The van der Waals surface area contributed by atoms with Crippen LogP contribution in [0.2, 0.25) is 10.0 Å². The number of hydrogen-bond donors (Lipinski definition) is 1. The van der Waals surface area contributed by atoms with Gasteiger partial charge in [-0.05, 0) is 30.3 Å². The van der Waals surface area contributed by atoms with Gasteiger partial charge in [-0.15, -0.1) is 10.2 Å². The topological polar surface area (TPSA) is 47.0 Å². The molecule has 0 saturated carbocycles. The number of aromatic nitrogens is 2. The highest BCUT2D eigenvalue weighted by Crippen LogP contribution is 2.34. The van der Waals surface area contributed by atoms with E-state index in [1.165, 1.54) is 0 Å². The van der Waals surface area contributed by atoms with Crippen LogP contribution in [-0.2, 0) is 0 Å². The summed E-state index contributed by atoms with van der Waals surface area (Å²) >= 11 is 12.1. The molecule has 0 fully saturated rings. The fraction of sp³-hybridized carbons (Fsp3) is 0.0476. The van der Waals surface area contributed by atoms with E-state index in [0.717, 1.165) is 27.7 Å². The van der Waals surface area contributed by atoms with E-state index in [-0.39, 0.29) is 0 Å². The third-order valence-corrected chi connectivity index (χ3v) is 4.71. The third kappa shape index (κ3) is 3.54. The second-order valence-corrected chi connectivity index (χ2v) is 6.79. The molecule has 0 spiro atoms. The van der Waals surface area contributed by atoms with Crippen LogP contribution in [0.4, 0.5) is 11.5 Å². The van der Waals surface area contributed by atoms with Gasteiger partial charge in [0.1, 0.15) is 11.4 Å². The lowest BCUT2D eigenvalue weighted by atomic mass is 10.0. The predicted octanol–water partition coefficient (Wildman–Crippen LogP) is 6.36. The molecule has 0 aliphatic heterocycles. The predicted molar refractivity (Wildman–Crippen MR) is 111 cm³/mol. The van der Waals surface area contributed by atoms with Gasteiger partial charge in [0, 0.05) is 26.4 Å². The molecule has 0 radical (unpaired) electrons. The molecule has 0 bridgehead atoms. The van der Waals surface area contributed by atoms with Crippen molar-refractivity contribution in [1.82, 2.24) is 10.2 Å². The Hall–Kier alpha value is -2.82. The van der Waals surface area contributed by atoms with E-state index >= 15 is 0 Å². The van der Waals surface area contributed by atoms with Crippen molar-refractivity contribution in [3.05, 3.63) is 76.8 Å². The van der Waals surface area contributed by atoms with Gasteiger partial charge in [0.25, 0.3) is 0 Å². The van der Waals surface area contributed by atoms with Crippen LogP contribution in [-0.4, -0.2) is 17.3 Å². The molecule has 0 saturated heterocycles.